The number of halogens is 1. The Labute approximate surface area is 129 Å². The normalized spacial score (nSPS) is 18.5. The molecule has 3 nitrogen and oxygen atoms in total. The molecule has 2 aromatic rings. The summed E-state index contributed by atoms with van der Waals surface area (Å²) in [5.74, 6) is -0.609. The smallest absolute Gasteiger partial charge is 0.248 e. The third-order valence-corrected chi connectivity index (χ3v) is 4.32. The van der Waals surface area contributed by atoms with E-state index in [1.54, 1.807) is 12.1 Å². The summed E-state index contributed by atoms with van der Waals surface area (Å²) < 4.78 is 14.2. The molecule has 0 saturated heterocycles. The van der Waals surface area contributed by atoms with Crippen molar-refractivity contribution in [1.82, 2.24) is 4.90 Å². The van der Waals surface area contributed by atoms with E-state index in [4.69, 9.17) is 5.73 Å². The van der Waals surface area contributed by atoms with Gasteiger partial charge >= 0.3 is 0 Å². The topological polar surface area (TPSA) is 46.3 Å². The number of benzene rings is 2. The maximum Gasteiger partial charge on any atom is 0.248 e. The number of nitrogens with two attached hydrogens (primary N) is 1. The minimum Gasteiger partial charge on any atom is -0.366 e. The van der Waals surface area contributed by atoms with Crippen molar-refractivity contribution in [2.75, 3.05) is 13.6 Å². The van der Waals surface area contributed by atoms with E-state index in [9.17, 15) is 9.18 Å². The Bertz CT molecular complexity index is 714. The van der Waals surface area contributed by atoms with E-state index < -0.39 is 5.91 Å². The number of primary amides is 1. The van der Waals surface area contributed by atoms with Gasteiger partial charge in [0, 0.05) is 18.0 Å². The van der Waals surface area contributed by atoms with Crippen molar-refractivity contribution in [3.8, 4) is 0 Å². The van der Waals surface area contributed by atoms with Crippen molar-refractivity contribution >= 4 is 5.91 Å². The molecule has 0 aromatic heterocycles. The first-order chi connectivity index (χ1) is 10.6. The Hall–Kier alpha value is -2.20. The number of hydrogen-bond donors (Lipinski definition) is 1. The molecule has 0 aliphatic carbocycles. The number of amides is 1. The van der Waals surface area contributed by atoms with Crippen LogP contribution in [-0.2, 0) is 6.54 Å². The quantitative estimate of drug-likeness (QED) is 0.926. The fourth-order valence-electron chi connectivity index (χ4n) is 3.19. The highest BCUT2D eigenvalue weighted by Gasteiger charge is 2.24. The molecule has 0 radical (unpaired) electrons. The van der Waals surface area contributed by atoms with Gasteiger partial charge in [-0.25, -0.2) is 4.39 Å². The summed E-state index contributed by atoms with van der Waals surface area (Å²) >= 11 is 0. The summed E-state index contributed by atoms with van der Waals surface area (Å²) in [5.41, 5.74) is 8.72. The molecule has 114 valence electrons. The minimum absolute atomic E-state index is 0.00285. The van der Waals surface area contributed by atoms with Crippen molar-refractivity contribution in [1.29, 1.82) is 0 Å². The van der Waals surface area contributed by atoms with Crippen LogP contribution in [0.1, 0.15) is 39.4 Å². The first kappa shape index (κ1) is 14.7. The van der Waals surface area contributed by atoms with Crippen molar-refractivity contribution in [3.05, 3.63) is 70.5 Å². The van der Waals surface area contributed by atoms with Gasteiger partial charge in [-0.3, -0.25) is 4.79 Å². The lowest BCUT2D eigenvalue weighted by atomic mass is 9.85. The molecule has 3 rings (SSSR count). The summed E-state index contributed by atoms with van der Waals surface area (Å²) in [6.45, 7) is 1.61. The molecule has 0 fully saturated rings. The molecule has 0 bridgehead atoms. The van der Waals surface area contributed by atoms with Crippen LogP contribution < -0.4 is 5.73 Å². The molecule has 0 spiro atoms. The Kier molecular flexibility index (Phi) is 3.94. The van der Waals surface area contributed by atoms with Crippen LogP contribution in [0.2, 0.25) is 0 Å². The number of carbonyl (C=O) groups excluding carboxylic acids is 1. The molecule has 1 heterocycles. The van der Waals surface area contributed by atoms with Gasteiger partial charge in [0.25, 0.3) is 0 Å². The van der Waals surface area contributed by atoms with Gasteiger partial charge in [-0.2, -0.15) is 0 Å². The lowest BCUT2D eigenvalue weighted by Gasteiger charge is -2.19. The number of carbonyl (C=O) groups is 1. The van der Waals surface area contributed by atoms with Crippen LogP contribution in [0.5, 0.6) is 0 Å². The van der Waals surface area contributed by atoms with Gasteiger partial charge in [-0.1, -0.05) is 24.3 Å². The first-order valence-corrected chi connectivity index (χ1v) is 7.42. The molecule has 0 saturated carbocycles. The monoisotopic (exact) mass is 298 g/mol. The molecule has 1 aliphatic heterocycles. The molecular formula is C18H19FN2O. The van der Waals surface area contributed by atoms with Gasteiger partial charge in [0.15, 0.2) is 0 Å². The van der Waals surface area contributed by atoms with Crippen molar-refractivity contribution in [2.45, 2.75) is 18.9 Å². The van der Waals surface area contributed by atoms with Gasteiger partial charge in [0.2, 0.25) is 5.91 Å². The standard InChI is InChI=1S/C18H19FN2O/c1-21-9-8-15(16-4-2-3-5-17(16)19)14-7-6-12(18(20)22)10-13(14)11-21/h2-7,10,15H,8-9,11H2,1H3,(H2,20,22). The highest BCUT2D eigenvalue weighted by Crippen LogP contribution is 2.35. The SMILES string of the molecule is CN1CCC(c2ccccc2F)c2ccc(C(N)=O)cc2C1. The predicted octanol–water partition coefficient (Wildman–Crippen LogP) is 2.89. The van der Waals surface area contributed by atoms with E-state index in [0.29, 0.717) is 11.1 Å². The second kappa shape index (κ2) is 5.89. The molecular weight excluding hydrogens is 279 g/mol. The number of hydrogen-bond acceptors (Lipinski definition) is 2. The number of rotatable bonds is 2. The summed E-state index contributed by atoms with van der Waals surface area (Å²) in [5, 5.41) is 0. The lowest BCUT2D eigenvalue weighted by Crippen LogP contribution is -2.18. The fraction of sp³-hybridized carbons (Fsp3) is 0.278. The molecule has 1 atom stereocenters. The van der Waals surface area contributed by atoms with Crippen LogP contribution in [0.3, 0.4) is 0 Å². The molecule has 4 heteroatoms. The molecule has 1 aliphatic rings. The van der Waals surface area contributed by atoms with Gasteiger partial charge in [0.05, 0.1) is 0 Å². The lowest BCUT2D eigenvalue weighted by molar-refractivity contribution is 0.1000. The van der Waals surface area contributed by atoms with Crippen LogP contribution in [-0.4, -0.2) is 24.4 Å². The Morgan fingerprint density at radius 2 is 2.00 bits per heavy atom. The highest BCUT2D eigenvalue weighted by atomic mass is 19.1. The highest BCUT2D eigenvalue weighted by molar-refractivity contribution is 5.93. The largest absolute Gasteiger partial charge is 0.366 e. The molecule has 1 unspecified atom stereocenters. The summed E-state index contributed by atoms with van der Waals surface area (Å²) in [4.78, 5) is 13.6. The average Bonchev–Trinajstić information content (AvgIpc) is 2.65. The van der Waals surface area contributed by atoms with E-state index in [2.05, 4.69) is 4.90 Å². The van der Waals surface area contributed by atoms with Crippen LogP contribution in [0.15, 0.2) is 42.5 Å². The van der Waals surface area contributed by atoms with Gasteiger partial charge in [-0.05, 0) is 54.9 Å². The zero-order chi connectivity index (χ0) is 15.7. The van der Waals surface area contributed by atoms with E-state index in [0.717, 1.165) is 30.6 Å². The maximum absolute atomic E-state index is 14.2. The van der Waals surface area contributed by atoms with Crippen molar-refractivity contribution in [3.63, 3.8) is 0 Å². The van der Waals surface area contributed by atoms with Crippen LogP contribution in [0, 0.1) is 5.82 Å². The van der Waals surface area contributed by atoms with E-state index in [-0.39, 0.29) is 11.7 Å². The predicted molar refractivity (Wildman–Crippen MR) is 84.2 cm³/mol. The summed E-state index contributed by atoms with van der Waals surface area (Å²) in [6.07, 6.45) is 0.848. The van der Waals surface area contributed by atoms with Crippen LogP contribution in [0.25, 0.3) is 0 Å². The third-order valence-electron chi connectivity index (χ3n) is 4.32. The van der Waals surface area contributed by atoms with E-state index in [1.165, 1.54) is 6.07 Å². The van der Waals surface area contributed by atoms with Gasteiger partial charge < -0.3 is 10.6 Å². The van der Waals surface area contributed by atoms with E-state index >= 15 is 0 Å². The molecule has 2 aromatic carbocycles. The van der Waals surface area contributed by atoms with Crippen molar-refractivity contribution < 1.29 is 9.18 Å². The summed E-state index contributed by atoms with van der Waals surface area (Å²) in [6, 6.07) is 12.4. The number of nitrogens with zero attached hydrogens (tertiary/aromatic N) is 1. The minimum atomic E-state index is -0.433. The zero-order valence-electron chi connectivity index (χ0n) is 12.6. The van der Waals surface area contributed by atoms with E-state index in [1.807, 2.05) is 31.3 Å². The Morgan fingerprint density at radius 1 is 1.23 bits per heavy atom. The zero-order valence-corrected chi connectivity index (χ0v) is 12.6. The van der Waals surface area contributed by atoms with Crippen molar-refractivity contribution in [2.24, 2.45) is 5.73 Å². The average molecular weight is 298 g/mol. The van der Waals surface area contributed by atoms with Crippen LogP contribution in [0.4, 0.5) is 4.39 Å². The Morgan fingerprint density at radius 3 is 2.73 bits per heavy atom. The Balaban J connectivity index is 2.11. The second-order valence-electron chi connectivity index (χ2n) is 5.88. The molecule has 2 N–H and O–H groups in total. The molecule has 1 amide bonds. The first-order valence-electron chi connectivity index (χ1n) is 7.42. The number of fused-ring (bicyclic) bond motifs is 1. The maximum atomic E-state index is 14.2. The van der Waals surface area contributed by atoms with Crippen LogP contribution >= 0.6 is 0 Å². The molecule has 22 heavy (non-hydrogen) atoms. The second-order valence-corrected chi connectivity index (χ2v) is 5.88. The third kappa shape index (κ3) is 2.74. The summed E-state index contributed by atoms with van der Waals surface area (Å²) in [7, 11) is 2.03. The van der Waals surface area contributed by atoms with Gasteiger partial charge in [0.1, 0.15) is 5.82 Å². The fourth-order valence-corrected chi connectivity index (χ4v) is 3.19. The van der Waals surface area contributed by atoms with Gasteiger partial charge in [-0.15, -0.1) is 0 Å².